The summed E-state index contributed by atoms with van der Waals surface area (Å²) in [6, 6.07) is 13.4. The van der Waals surface area contributed by atoms with E-state index in [-0.39, 0.29) is 23.4 Å². The molecule has 0 fully saturated rings. The van der Waals surface area contributed by atoms with Crippen LogP contribution >= 0.6 is 0 Å². The quantitative estimate of drug-likeness (QED) is 0.394. The Bertz CT molecular complexity index is 1270. The molecule has 0 aliphatic heterocycles. The molecule has 3 rings (SSSR count). The third-order valence-corrected chi connectivity index (χ3v) is 5.92. The Balaban J connectivity index is 1.65. The number of halogens is 3. The molecule has 3 aromatic rings. The zero-order chi connectivity index (χ0) is 24.2. The molecule has 1 amide bonds. The lowest BCUT2D eigenvalue weighted by Gasteiger charge is -2.09. The molecule has 0 bridgehead atoms. The van der Waals surface area contributed by atoms with Crippen LogP contribution in [0.25, 0.3) is 0 Å². The molecule has 33 heavy (non-hydrogen) atoms. The number of oxime groups is 1. The van der Waals surface area contributed by atoms with Crippen LogP contribution in [-0.2, 0) is 10.0 Å². The van der Waals surface area contributed by atoms with E-state index in [1.54, 1.807) is 4.72 Å². The zero-order valence-electron chi connectivity index (χ0n) is 17.6. The SMILES string of the molecule is CC(C)c1ccc(/C=N/Oc2ccc(C(=O)NS(=O)(=O)c3c(F)cc(F)cc3F)cc2)cc1. The first-order valence-electron chi connectivity index (χ1n) is 9.69. The van der Waals surface area contributed by atoms with E-state index < -0.39 is 38.3 Å². The Labute approximate surface area is 188 Å². The van der Waals surface area contributed by atoms with E-state index in [0.29, 0.717) is 5.92 Å². The molecule has 0 aromatic heterocycles. The summed E-state index contributed by atoms with van der Waals surface area (Å²) in [5.74, 6) is -5.08. The molecular formula is C23H19F3N2O4S. The second-order valence-corrected chi connectivity index (χ2v) is 8.92. The highest BCUT2D eigenvalue weighted by Gasteiger charge is 2.27. The van der Waals surface area contributed by atoms with Crippen molar-refractivity contribution in [2.75, 3.05) is 0 Å². The molecule has 172 valence electrons. The second-order valence-electron chi connectivity index (χ2n) is 7.30. The largest absolute Gasteiger partial charge is 0.357 e. The zero-order valence-corrected chi connectivity index (χ0v) is 18.4. The van der Waals surface area contributed by atoms with Gasteiger partial charge in [0.05, 0.1) is 6.21 Å². The highest BCUT2D eigenvalue weighted by atomic mass is 32.2. The minimum absolute atomic E-state index is 0.123. The van der Waals surface area contributed by atoms with Gasteiger partial charge in [-0.3, -0.25) is 4.79 Å². The fourth-order valence-electron chi connectivity index (χ4n) is 2.80. The van der Waals surface area contributed by atoms with Crippen molar-refractivity contribution in [1.82, 2.24) is 4.72 Å². The van der Waals surface area contributed by atoms with Gasteiger partial charge in [-0.1, -0.05) is 43.3 Å². The van der Waals surface area contributed by atoms with Gasteiger partial charge >= 0.3 is 0 Å². The number of benzene rings is 3. The van der Waals surface area contributed by atoms with Gasteiger partial charge in [0.2, 0.25) is 0 Å². The fourth-order valence-corrected chi connectivity index (χ4v) is 3.90. The average Bonchev–Trinajstić information content (AvgIpc) is 2.73. The monoisotopic (exact) mass is 476 g/mol. The minimum atomic E-state index is -4.92. The van der Waals surface area contributed by atoms with Crippen molar-refractivity contribution in [2.24, 2.45) is 5.16 Å². The highest BCUT2D eigenvalue weighted by Crippen LogP contribution is 2.21. The van der Waals surface area contributed by atoms with Gasteiger partial charge in [-0.25, -0.2) is 26.3 Å². The van der Waals surface area contributed by atoms with Crippen LogP contribution in [0.3, 0.4) is 0 Å². The van der Waals surface area contributed by atoms with Crippen LogP contribution in [0, 0.1) is 17.5 Å². The Hall–Kier alpha value is -3.66. The third kappa shape index (κ3) is 5.98. The van der Waals surface area contributed by atoms with Crippen molar-refractivity contribution >= 4 is 22.1 Å². The van der Waals surface area contributed by atoms with E-state index in [2.05, 4.69) is 19.0 Å². The maximum Gasteiger partial charge on any atom is 0.270 e. The van der Waals surface area contributed by atoms with Crippen molar-refractivity contribution in [3.8, 4) is 5.75 Å². The Morgan fingerprint density at radius 2 is 1.55 bits per heavy atom. The minimum Gasteiger partial charge on any atom is -0.357 e. The van der Waals surface area contributed by atoms with Gasteiger partial charge in [-0.2, -0.15) is 0 Å². The number of hydrogen-bond donors (Lipinski definition) is 1. The molecule has 10 heteroatoms. The molecule has 0 radical (unpaired) electrons. The van der Waals surface area contributed by atoms with Crippen molar-refractivity contribution < 1.29 is 31.2 Å². The molecule has 0 aliphatic rings. The van der Waals surface area contributed by atoms with E-state index in [1.165, 1.54) is 36.0 Å². The van der Waals surface area contributed by atoms with Gasteiger partial charge in [0.1, 0.15) is 17.5 Å². The van der Waals surface area contributed by atoms with Crippen LogP contribution in [0.1, 0.15) is 41.3 Å². The van der Waals surface area contributed by atoms with Gasteiger partial charge in [-0.05, 0) is 41.3 Å². The Morgan fingerprint density at radius 3 is 2.09 bits per heavy atom. The van der Waals surface area contributed by atoms with Gasteiger partial charge < -0.3 is 4.84 Å². The number of nitrogens with one attached hydrogen (secondary N) is 1. The van der Waals surface area contributed by atoms with Crippen LogP contribution in [0.5, 0.6) is 5.75 Å². The van der Waals surface area contributed by atoms with E-state index in [9.17, 15) is 26.4 Å². The van der Waals surface area contributed by atoms with Crippen LogP contribution in [0.15, 0.2) is 70.7 Å². The lowest BCUT2D eigenvalue weighted by Crippen LogP contribution is -2.32. The molecule has 0 saturated carbocycles. The molecule has 0 atom stereocenters. The van der Waals surface area contributed by atoms with Crippen LogP contribution in [-0.4, -0.2) is 20.5 Å². The molecule has 0 unspecified atom stereocenters. The maximum atomic E-state index is 13.8. The first-order valence-corrected chi connectivity index (χ1v) is 11.2. The standard InChI is InChI=1S/C23H19F3N2O4S/c1-14(2)16-5-3-15(4-6-16)13-27-32-19-9-7-17(8-10-19)23(29)28-33(30,31)22-20(25)11-18(24)12-21(22)26/h3-14H,1-2H3,(H,28,29)/b27-13+. The van der Waals surface area contributed by atoms with Gasteiger partial charge in [0.25, 0.3) is 15.9 Å². The summed E-state index contributed by atoms with van der Waals surface area (Å²) >= 11 is 0. The molecule has 0 spiro atoms. The number of carbonyl (C=O) groups excluding carboxylic acids is 1. The third-order valence-electron chi connectivity index (χ3n) is 4.54. The number of hydrogen-bond acceptors (Lipinski definition) is 5. The predicted molar refractivity (Wildman–Crippen MR) is 116 cm³/mol. The summed E-state index contributed by atoms with van der Waals surface area (Å²) in [5, 5.41) is 3.85. The molecule has 0 heterocycles. The van der Waals surface area contributed by atoms with E-state index in [4.69, 9.17) is 4.84 Å². The summed E-state index contributed by atoms with van der Waals surface area (Å²) < 4.78 is 66.5. The van der Waals surface area contributed by atoms with Crippen molar-refractivity contribution in [3.63, 3.8) is 0 Å². The lowest BCUT2D eigenvalue weighted by atomic mass is 10.0. The van der Waals surface area contributed by atoms with Gasteiger partial charge in [0.15, 0.2) is 10.6 Å². The number of sulfonamides is 1. The molecule has 0 aliphatic carbocycles. The fraction of sp³-hybridized carbons (Fsp3) is 0.130. The smallest absolute Gasteiger partial charge is 0.270 e. The number of nitrogens with zero attached hydrogens (tertiary/aromatic N) is 1. The van der Waals surface area contributed by atoms with Crippen LogP contribution in [0.2, 0.25) is 0 Å². The molecule has 1 N–H and O–H groups in total. The Kier molecular flexibility index (Phi) is 7.17. The van der Waals surface area contributed by atoms with E-state index in [1.807, 2.05) is 24.3 Å². The first-order chi connectivity index (χ1) is 15.6. The van der Waals surface area contributed by atoms with E-state index >= 15 is 0 Å². The van der Waals surface area contributed by atoms with Crippen LogP contribution < -0.4 is 9.56 Å². The first kappa shape index (κ1) is 24.0. The number of amides is 1. The molecule has 6 nitrogen and oxygen atoms in total. The van der Waals surface area contributed by atoms with Gasteiger partial charge in [-0.15, -0.1) is 0 Å². The molecular weight excluding hydrogens is 457 g/mol. The maximum absolute atomic E-state index is 13.8. The molecule has 0 saturated heterocycles. The highest BCUT2D eigenvalue weighted by molar-refractivity contribution is 7.90. The van der Waals surface area contributed by atoms with Gasteiger partial charge in [0, 0.05) is 17.7 Å². The van der Waals surface area contributed by atoms with Crippen molar-refractivity contribution in [1.29, 1.82) is 0 Å². The van der Waals surface area contributed by atoms with Crippen molar-refractivity contribution in [2.45, 2.75) is 24.7 Å². The topological polar surface area (TPSA) is 84.8 Å². The summed E-state index contributed by atoms with van der Waals surface area (Å²) in [7, 11) is -4.92. The summed E-state index contributed by atoms with van der Waals surface area (Å²) in [5.41, 5.74) is 1.89. The van der Waals surface area contributed by atoms with Crippen LogP contribution in [0.4, 0.5) is 13.2 Å². The average molecular weight is 476 g/mol. The number of carbonyl (C=O) groups is 1. The van der Waals surface area contributed by atoms with Crippen molar-refractivity contribution in [3.05, 3.63) is 94.8 Å². The lowest BCUT2D eigenvalue weighted by molar-refractivity contribution is 0.0981. The summed E-state index contributed by atoms with van der Waals surface area (Å²) in [4.78, 5) is 16.0. The molecule has 3 aromatic carbocycles. The normalized spacial score (nSPS) is 11.7. The van der Waals surface area contributed by atoms with E-state index in [0.717, 1.165) is 5.56 Å². The second kappa shape index (κ2) is 9.86. The summed E-state index contributed by atoms with van der Waals surface area (Å²) in [6.45, 7) is 4.18. The Morgan fingerprint density at radius 1 is 0.970 bits per heavy atom. The number of rotatable bonds is 7. The summed E-state index contributed by atoms with van der Waals surface area (Å²) in [6.07, 6.45) is 1.50. The predicted octanol–water partition coefficient (Wildman–Crippen LogP) is 4.76.